The molecule has 1 amide bonds. The quantitative estimate of drug-likeness (QED) is 0.442. The van der Waals surface area contributed by atoms with Crippen molar-refractivity contribution in [3.05, 3.63) is 84.4 Å². The summed E-state index contributed by atoms with van der Waals surface area (Å²) in [6.07, 6.45) is -0.638. The number of nitrogens with zero attached hydrogens (tertiary/aromatic N) is 4. The first-order chi connectivity index (χ1) is 15.7. The molecule has 0 aliphatic heterocycles. The molecular formula is C21H13F3N5O3S-. The van der Waals surface area contributed by atoms with Crippen LogP contribution in [0, 0.1) is 0 Å². The van der Waals surface area contributed by atoms with E-state index in [0.29, 0.717) is 10.2 Å². The SMILES string of the molecule is O=C(Nc1ccc(-n2nc(-c3cccnc3)cc2C(F)(F)F)cn1)c1cccc(S(=O)[O-])c1. The van der Waals surface area contributed by atoms with Crippen molar-refractivity contribution in [2.45, 2.75) is 11.1 Å². The molecule has 4 rings (SSSR count). The number of rotatable bonds is 5. The third-order valence-corrected chi connectivity index (χ3v) is 5.12. The fourth-order valence-corrected chi connectivity index (χ4v) is 3.36. The third kappa shape index (κ3) is 4.96. The lowest BCUT2D eigenvalue weighted by Gasteiger charge is -2.11. The largest absolute Gasteiger partial charge is 0.768 e. The number of nitrogens with one attached hydrogen (secondary N) is 1. The molecule has 0 fully saturated rings. The van der Waals surface area contributed by atoms with Crippen molar-refractivity contribution in [1.82, 2.24) is 19.7 Å². The number of carbonyl (C=O) groups excluding carboxylic acids is 1. The van der Waals surface area contributed by atoms with Crippen LogP contribution in [0.4, 0.5) is 19.0 Å². The molecule has 1 atom stereocenters. The van der Waals surface area contributed by atoms with Crippen LogP contribution in [0.25, 0.3) is 16.9 Å². The van der Waals surface area contributed by atoms with E-state index in [-0.39, 0.29) is 27.7 Å². The summed E-state index contributed by atoms with van der Waals surface area (Å²) in [5.74, 6) is -0.568. The second-order valence-electron chi connectivity index (χ2n) is 6.68. The maximum absolute atomic E-state index is 13.6. The summed E-state index contributed by atoms with van der Waals surface area (Å²) in [4.78, 5) is 20.2. The van der Waals surface area contributed by atoms with Gasteiger partial charge in [0.25, 0.3) is 5.91 Å². The summed E-state index contributed by atoms with van der Waals surface area (Å²) < 4.78 is 63.6. The Labute approximate surface area is 187 Å². The van der Waals surface area contributed by atoms with Crippen LogP contribution < -0.4 is 5.32 Å². The average molecular weight is 472 g/mol. The van der Waals surface area contributed by atoms with Crippen molar-refractivity contribution in [2.24, 2.45) is 0 Å². The van der Waals surface area contributed by atoms with Gasteiger partial charge in [-0.15, -0.1) is 0 Å². The molecular weight excluding hydrogens is 459 g/mol. The smallest absolute Gasteiger partial charge is 0.433 e. The van der Waals surface area contributed by atoms with E-state index in [1.54, 1.807) is 12.1 Å². The van der Waals surface area contributed by atoms with Crippen LogP contribution in [0.2, 0.25) is 0 Å². The number of hydrogen-bond donors (Lipinski definition) is 1. The minimum Gasteiger partial charge on any atom is -0.768 e. The number of benzene rings is 1. The topological polar surface area (TPSA) is 113 Å². The van der Waals surface area contributed by atoms with Crippen molar-refractivity contribution in [3.8, 4) is 16.9 Å². The number of pyridine rings is 2. The molecule has 0 radical (unpaired) electrons. The van der Waals surface area contributed by atoms with Gasteiger partial charge < -0.3 is 9.87 Å². The maximum atomic E-state index is 13.6. The lowest BCUT2D eigenvalue weighted by atomic mass is 10.2. The highest BCUT2D eigenvalue weighted by Gasteiger charge is 2.36. The molecule has 168 valence electrons. The first-order valence-electron chi connectivity index (χ1n) is 9.27. The second kappa shape index (κ2) is 8.92. The van der Waals surface area contributed by atoms with Gasteiger partial charge in [0, 0.05) is 28.4 Å². The molecule has 0 aliphatic rings. The number of amides is 1. The van der Waals surface area contributed by atoms with Gasteiger partial charge in [0.2, 0.25) is 0 Å². The van der Waals surface area contributed by atoms with Crippen LogP contribution in [0.1, 0.15) is 16.1 Å². The van der Waals surface area contributed by atoms with Crippen molar-refractivity contribution in [3.63, 3.8) is 0 Å². The number of aromatic nitrogens is 4. The minimum atomic E-state index is -4.67. The molecule has 8 nitrogen and oxygen atoms in total. The van der Waals surface area contributed by atoms with Gasteiger partial charge in [-0.2, -0.15) is 18.3 Å². The Bertz CT molecular complexity index is 1330. The summed E-state index contributed by atoms with van der Waals surface area (Å²) in [5.41, 5.74) is -0.389. The van der Waals surface area contributed by atoms with Gasteiger partial charge in [-0.05, 0) is 59.6 Å². The second-order valence-corrected chi connectivity index (χ2v) is 7.63. The molecule has 1 N–H and O–H groups in total. The van der Waals surface area contributed by atoms with Crippen molar-refractivity contribution in [1.29, 1.82) is 0 Å². The first-order valence-corrected chi connectivity index (χ1v) is 10.3. The molecule has 1 unspecified atom stereocenters. The van der Waals surface area contributed by atoms with Crippen LogP contribution in [0.15, 0.2) is 78.1 Å². The molecule has 3 aromatic heterocycles. The summed E-state index contributed by atoms with van der Waals surface area (Å²) in [7, 11) is 0. The Balaban J connectivity index is 1.61. The lowest BCUT2D eigenvalue weighted by molar-refractivity contribution is -0.142. The molecule has 0 spiro atoms. The van der Waals surface area contributed by atoms with Crippen LogP contribution in [-0.4, -0.2) is 34.4 Å². The van der Waals surface area contributed by atoms with Gasteiger partial charge in [0.05, 0.1) is 17.6 Å². The summed E-state index contributed by atoms with van der Waals surface area (Å²) >= 11 is -2.50. The van der Waals surface area contributed by atoms with Gasteiger partial charge in [-0.1, -0.05) is 6.07 Å². The first kappa shape index (κ1) is 22.3. The Kier molecular flexibility index (Phi) is 6.03. The number of anilines is 1. The fraction of sp³-hybridized carbons (Fsp3) is 0.0476. The average Bonchev–Trinajstić information content (AvgIpc) is 3.26. The molecule has 33 heavy (non-hydrogen) atoms. The fourth-order valence-electron chi connectivity index (χ4n) is 2.95. The van der Waals surface area contributed by atoms with Gasteiger partial charge >= 0.3 is 6.18 Å². The molecule has 1 aromatic carbocycles. The van der Waals surface area contributed by atoms with E-state index in [0.717, 1.165) is 12.3 Å². The molecule has 3 heterocycles. The van der Waals surface area contributed by atoms with Crippen molar-refractivity contribution >= 4 is 22.8 Å². The highest BCUT2D eigenvalue weighted by Crippen LogP contribution is 2.34. The monoisotopic (exact) mass is 472 g/mol. The van der Waals surface area contributed by atoms with E-state index in [9.17, 15) is 26.7 Å². The highest BCUT2D eigenvalue weighted by molar-refractivity contribution is 7.79. The standard InChI is InChI=1S/C21H14F3N5O3S/c22-21(23,24)18-10-17(14-4-2-8-25-11-14)28-29(18)15-6-7-19(26-12-15)27-20(30)13-3-1-5-16(9-13)33(31)32/h1-12H,(H,31,32)(H,26,27,30)/p-1. The van der Waals surface area contributed by atoms with E-state index >= 15 is 0 Å². The number of alkyl halides is 3. The summed E-state index contributed by atoms with van der Waals surface area (Å²) in [6.45, 7) is 0. The van der Waals surface area contributed by atoms with E-state index in [4.69, 9.17) is 0 Å². The van der Waals surface area contributed by atoms with Crippen LogP contribution in [0.5, 0.6) is 0 Å². The van der Waals surface area contributed by atoms with E-state index in [1.165, 1.54) is 48.8 Å². The van der Waals surface area contributed by atoms with Crippen LogP contribution in [-0.2, 0) is 17.3 Å². The minimum absolute atomic E-state index is 0.0270. The van der Waals surface area contributed by atoms with E-state index in [2.05, 4.69) is 20.4 Å². The lowest BCUT2D eigenvalue weighted by Crippen LogP contribution is -2.15. The molecule has 0 saturated heterocycles. The number of carbonyl (C=O) groups is 1. The molecule has 4 aromatic rings. The van der Waals surface area contributed by atoms with Crippen molar-refractivity contribution in [2.75, 3.05) is 5.32 Å². The zero-order valence-electron chi connectivity index (χ0n) is 16.5. The zero-order chi connectivity index (χ0) is 23.6. The highest BCUT2D eigenvalue weighted by atomic mass is 32.2. The van der Waals surface area contributed by atoms with Crippen molar-refractivity contribution < 1.29 is 26.7 Å². The van der Waals surface area contributed by atoms with Gasteiger partial charge in [0.15, 0.2) is 0 Å². The van der Waals surface area contributed by atoms with Crippen LogP contribution >= 0.6 is 0 Å². The summed E-state index contributed by atoms with van der Waals surface area (Å²) in [5, 5.41) is 6.52. The number of halogens is 3. The van der Waals surface area contributed by atoms with Gasteiger partial charge in [-0.3, -0.25) is 14.0 Å². The van der Waals surface area contributed by atoms with Crippen LogP contribution in [0.3, 0.4) is 0 Å². The molecule has 12 heteroatoms. The maximum Gasteiger partial charge on any atom is 0.433 e. The third-order valence-electron chi connectivity index (χ3n) is 4.48. The predicted octanol–water partition coefficient (Wildman–Crippen LogP) is 3.84. The Morgan fingerprint density at radius 2 is 1.88 bits per heavy atom. The molecule has 0 saturated carbocycles. The Morgan fingerprint density at radius 3 is 2.52 bits per heavy atom. The molecule has 0 bridgehead atoms. The van der Waals surface area contributed by atoms with E-state index in [1.807, 2.05) is 0 Å². The van der Waals surface area contributed by atoms with Gasteiger partial charge in [0.1, 0.15) is 11.5 Å². The number of hydrogen-bond acceptors (Lipinski definition) is 6. The van der Waals surface area contributed by atoms with E-state index < -0.39 is 28.9 Å². The zero-order valence-corrected chi connectivity index (χ0v) is 17.3. The Hall–Kier alpha value is -3.90. The predicted molar refractivity (Wildman–Crippen MR) is 111 cm³/mol. The summed E-state index contributed by atoms with van der Waals surface area (Å²) in [6, 6.07) is 12.1. The normalized spacial score (nSPS) is 12.4. The molecule has 0 aliphatic carbocycles. The van der Waals surface area contributed by atoms with Gasteiger partial charge in [-0.25, -0.2) is 9.67 Å². The Morgan fingerprint density at radius 1 is 1.06 bits per heavy atom.